The van der Waals surface area contributed by atoms with Crippen molar-refractivity contribution in [2.45, 2.75) is 31.7 Å². The van der Waals surface area contributed by atoms with Crippen LogP contribution in [0.4, 0.5) is 5.82 Å². The second-order valence-corrected chi connectivity index (χ2v) is 5.66. The highest BCUT2D eigenvalue weighted by molar-refractivity contribution is 5.93. The lowest BCUT2D eigenvalue weighted by Gasteiger charge is -2.23. The molecule has 1 heterocycles. The highest BCUT2D eigenvalue weighted by atomic mass is 16.2. The maximum absolute atomic E-state index is 11.8. The quantitative estimate of drug-likeness (QED) is 0.859. The number of pyridine rings is 1. The van der Waals surface area contributed by atoms with E-state index in [-0.39, 0.29) is 11.9 Å². The van der Waals surface area contributed by atoms with Crippen molar-refractivity contribution in [1.82, 2.24) is 9.88 Å². The Morgan fingerprint density at radius 2 is 2.15 bits per heavy atom. The van der Waals surface area contributed by atoms with Crippen molar-refractivity contribution < 1.29 is 4.79 Å². The van der Waals surface area contributed by atoms with E-state index < -0.39 is 0 Å². The summed E-state index contributed by atoms with van der Waals surface area (Å²) in [6.45, 7) is 0.616. The van der Waals surface area contributed by atoms with E-state index in [1.807, 2.05) is 6.07 Å². The van der Waals surface area contributed by atoms with Gasteiger partial charge in [0.2, 0.25) is 0 Å². The van der Waals surface area contributed by atoms with Gasteiger partial charge in [0.25, 0.3) is 5.91 Å². The summed E-state index contributed by atoms with van der Waals surface area (Å²) in [5.41, 5.74) is 6.47. The van der Waals surface area contributed by atoms with Crippen molar-refractivity contribution in [3.8, 4) is 0 Å². The highest BCUT2D eigenvalue weighted by Gasteiger charge is 2.24. The molecule has 0 aliphatic heterocycles. The fourth-order valence-electron chi connectivity index (χ4n) is 2.78. The van der Waals surface area contributed by atoms with Crippen LogP contribution in [0.1, 0.15) is 36.0 Å². The van der Waals surface area contributed by atoms with Gasteiger partial charge >= 0.3 is 0 Å². The van der Waals surface area contributed by atoms with Crippen LogP contribution in [0.3, 0.4) is 0 Å². The lowest BCUT2D eigenvalue weighted by Crippen LogP contribution is -2.35. The van der Waals surface area contributed by atoms with Crippen LogP contribution in [-0.2, 0) is 0 Å². The molecule has 1 atom stereocenters. The van der Waals surface area contributed by atoms with Gasteiger partial charge < -0.3 is 16.0 Å². The zero-order valence-corrected chi connectivity index (χ0v) is 12.3. The SMILES string of the molecule is CN(C)C(=O)c1ccc(NC(CN)C2CCCC2)nc1. The molecule has 1 unspecified atom stereocenters. The number of aromatic nitrogens is 1. The van der Waals surface area contributed by atoms with Crippen molar-refractivity contribution in [2.75, 3.05) is 26.0 Å². The molecule has 1 saturated carbocycles. The third-order valence-corrected chi connectivity index (χ3v) is 3.97. The summed E-state index contributed by atoms with van der Waals surface area (Å²) in [5.74, 6) is 1.41. The van der Waals surface area contributed by atoms with Crippen molar-refractivity contribution in [3.05, 3.63) is 23.9 Å². The van der Waals surface area contributed by atoms with E-state index in [9.17, 15) is 4.79 Å². The molecule has 110 valence electrons. The van der Waals surface area contributed by atoms with E-state index in [1.165, 1.54) is 25.7 Å². The van der Waals surface area contributed by atoms with Crippen LogP contribution in [-0.4, -0.2) is 42.5 Å². The van der Waals surface area contributed by atoms with Crippen LogP contribution in [0.25, 0.3) is 0 Å². The van der Waals surface area contributed by atoms with Gasteiger partial charge in [-0.3, -0.25) is 4.79 Å². The number of hydrogen-bond acceptors (Lipinski definition) is 4. The second kappa shape index (κ2) is 6.70. The van der Waals surface area contributed by atoms with Gasteiger partial charge in [-0.25, -0.2) is 4.98 Å². The second-order valence-electron chi connectivity index (χ2n) is 5.66. The van der Waals surface area contributed by atoms with Gasteiger partial charge in [-0.05, 0) is 30.9 Å². The predicted octanol–water partition coefficient (Wildman–Crippen LogP) is 1.71. The normalized spacial score (nSPS) is 16.9. The molecule has 1 aromatic rings. The smallest absolute Gasteiger partial charge is 0.254 e. The van der Waals surface area contributed by atoms with E-state index in [0.717, 1.165) is 5.82 Å². The van der Waals surface area contributed by atoms with Gasteiger partial charge in [0.15, 0.2) is 0 Å². The van der Waals surface area contributed by atoms with Crippen LogP contribution >= 0.6 is 0 Å². The molecule has 0 radical (unpaired) electrons. The molecule has 1 aliphatic carbocycles. The summed E-state index contributed by atoms with van der Waals surface area (Å²) in [5, 5.41) is 3.40. The highest BCUT2D eigenvalue weighted by Crippen LogP contribution is 2.28. The molecule has 2 rings (SSSR count). The van der Waals surface area contributed by atoms with E-state index in [2.05, 4.69) is 10.3 Å². The van der Waals surface area contributed by atoms with E-state index in [0.29, 0.717) is 18.0 Å². The number of carbonyl (C=O) groups excluding carboxylic acids is 1. The van der Waals surface area contributed by atoms with Crippen LogP contribution in [0, 0.1) is 5.92 Å². The molecule has 0 bridgehead atoms. The predicted molar refractivity (Wildman–Crippen MR) is 80.7 cm³/mol. The fraction of sp³-hybridized carbons (Fsp3) is 0.600. The molecular formula is C15H24N4O. The Balaban J connectivity index is 2.00. The zero-order valence-electron chi connectivity index (χ0n) is 12.3. The number of nitrogens with zero attached hydrogens (tertiary/aromatic N) is 2. The summed E-state index contributed by atoms with van der Waals surface area (Å²) in [7, 11) is 3.47. The Labute approximate surface area is 120 Å². The van der Waals surface area contributed by atoms with Crippen LogP contribution in [0.2, 0.25) is 0 Å². The number of anilines is 1. The van der Waals surface area contributed by atoms with Gasteiger partial charge in [-0.15, -0.1) is 0 Å². The molecule has 1 amide bonds. The molecule has 1 aliphatic rings. The van der Waals surface area contributed by atoms with E-state index in [4.69, 9.17) is 5.73 Å². The first-order chi connectivity index (χ1) is 9.61. The largest absolute Gasteiger partial charge is 0.366 e. The monoisotopic (exact) mass is 276 g/mol. The summed E-state index contributed by atoms with van der Waals surface area (Å²) in [6, 6.07) is 3.94. The minimum absolute atomic E-state index is 0.0322. The topological polar surface area (TPSA) is 71.2 Å². The van der Waals surface area contributed by atoms with Crippen molar-refractivity contribution in [1.29, 1.82) is 0 Å². The molecule has 1 aromatic heterocycles. The number of nitrogens with two attached hydrogens (primary N) is 1. The Morgan fingerprint density at radius 1 is 1.45 bits per heavy atom. The summed E-state index contributed by atoms with van der Waals surface area (Å²) in [6.07, 6.45) is 6.70. The summed E-state index contributed by atoms with van der Waals surface area (Å²) >= 11 is 0. The van der Waals surface area contributed by atoms with E-state index in [1.54, 1.807) is 31.3 Å². The molecule has 20 heavy (non-hydrogen) atoms. The van der Waals surface area contributed by atoms with Gasteiger partial charge in [-0.2, -0.15) is 0 Å². The molecule has 1 fully saturated rings. The van der Waals surface area contributed by atoms with Crippen LogP contribution < -0.4 is 11.1 Å². The number of nitrogens with one attached hydrogen (secondary N) is 1. The van der Waals surface area contributed by atoms with Crippen molar-refractivity contribution in [2.24, 2.45) is 11.7 Å². The molecule has 0 spiro atoms. The molecule has 0 aromatic carbocycles. The lowest BCUT2D eigenvalue weighted by atomic mass is 9.98. The standard InChI is InChI=1S/C15H24N4O/c1-19(2)15(20)12-7-8-14(17-10-12)18-13(9-16)11-5-3-4-6-11/h7-8,10-11,13H,3-6,9,16H2,1-2H3,(H,17,18). The van der Waals surface area contributed by atoms with Crippen molar-refractivity contribution >= 4 is 11.7 Å². The molecule has 0 saturated heterocycles. The number of amides is 1. The Bertz CT molecular complexity index is 438. The maximum atomic E-state index is 11.8. The van der Waals surface area contributed by atoms with Crippen LogP contribution in [0.5, 0.6) is 0 Å². The summed E-state index contributed by atoms with van der Waals surface area (Å²) < 4.78 is 0. The zero-order chi connectivity index (χ0) is 14.5. The Morgan fingerprint density at radius 3 is 2.65 bits per heavy atom. The van der Waals surface area contributed by atoms with Gasteiger partial charge in [0, 0.05) is 32.9 Å². The Hall–Kier alpha value is -1.62. The fourth-order valence-corrected chi connectivity index (χ4v) is 2.78. The van der Waals surface area contributed by atoms with Gasteiger partial charge in [0.05, 0.1) is 5.56 Å². The first-order valence-electron chi connectivity index (χ1n) is 7.26. The third kappa shape index (κ3) is 3.48. The molecule has 3 N–H and O–H groups in total. The minimum atomic E-state index is -0.0322. The number of carbonyl (C=O) groups is 1. The summed E-state index contributed by atoms with van der Waals surface area (Å²) in [4.78, 5) is 17.7. The van der Waals surface area contributed by atoms with E-state index >= 15 is 0 Å². The first kappa shape index (κ1) is 14.8. The first-order valence-corrected chi connectivity index (χ1v) is 7.26. The van der Waals surface area contributed by atoms with Crippen molar-refractivity contribution in [3.63, 3.8) is 0 Å². The lowest BCUT2D eigenvalue weighted by molar-refractivity contribution is 0.0827. The molecular weight excluding hydrogens is 252 g/mol. The molecule has 5 nitrogen and oxygen atoms in total. The van der Waals surface area contributed by atoms with Gasteiger partial charge in [0.1, 0.15) is 5.82 Å². The average Bonchev–Trinajstić information content (AvgIpc) is 2.98. The number of rotatable bonds is 5. The Kier molecular flexibility index (Phi) is 4.95. The average molecular weight is 276 g/mol. The van der Waals surface area contributed by atoms with Crippen LogP contribution in [0.15, 0.2) is 18.3 Å². The number of hydrogen-bond donors (Lipinski definition) is 2. The maximum Gasteiger partial charge on any atom is 0.254 e. The third-order valence-electron chi connectivity index (χ3n) is 3.97. The minimum Gasteiger partial charge on any atom is -0.366 e. The molecule has 5 heteroatoms. The van der Waals surface area contributed by atoms with Gasteiger partial charge in [-0.1, -0.05) is 12.8 Å².